The van der Waals surface area contributed by atoms with Gasteiger partial charge in [-0.15, -0.1) is 11.8 Å². The summed E-state index contributed by atoms with van der Waals surface area (Å²) in [5.74, 6) is -0.287. The largest absolute Gasteiger partial charge is 0.322 e. The van der Waals surface area contributed by atoms with Gasteiger partial charge in [0.05, 0.1) is 4.92 Å². The van der Waals surface area contributed by atoms with E-state index in [0.29, 0.717) is 16.8 Å². The molecular weight excluding hydrogens is 288 g/mol. The van der Waals surface area contributed by atoms with E-state index < -0.39 is 4.92 Å². The number of benzene rings is 2. The summed E-state index contributed by atoms with van der Waals surface area (Å²) < 4.78 is 0. The molecule has 2 rings (SSSR count). The average molecular weight is 302 g/mol. The third kappa shape index (κ3) is 3.61. The molecule has 21 heavy (non-hydrogen) atoms. The summed E-state index contributed by atoms with van der Waals surface area (Å²) in [4.78, 5) is 23.5. The van der Waals surface area contributed by atoms with Gasteiger partial charge in [0.1, 0.15) is 0 Å². The van der Waals surface area contributed by atoms with Crippen molar-refractivity contribution in [1.82, 2.24) is 0 Å². The third-order valence-electron chi connectivity index (χ3n) is 3.00. The molecule has 0 unspecified atom stereocenters. The van der Waals surface area contributed by atoms with E-state index in [1.54, 1.807) is 18.7 Å². The van der Waals surface area contributed by atoms with Gasteiger partial charge in [-0.25, -0.2) is 0 Å². The van der Waals surface area contributed by atoms with Crippen LogP contribution in [-0.4, -0.2) is 17.1 Å². The molecule has 0 atom stereocenters. The number of nitrogens with one attached hydrogen (secondary N) is 1. The summed E-state index contributed by atoms with van der Waals surface area (Å²) >= 11 is 1.62. The molecule has 5 nitrogen and oxygen atoms in total. The predicted molar refractivity (Wildman–Crippen MR) is 84.0 cm³/mol. The molecular formula is C15H14N2O3S. The number of nitro benzene ring substituents is 1. The van der Waals surface area contributed by atoms with Gasteiger partial charge in [0.25, 0.3) is 11.6 Å². The second-order valence-electron chi connectivity index (χ2n) is 4.44. The number of carbonyl (C=O) groups is 1. The molecule has 0 heterocycles. The smallest absolute Gasteiger partial charge is 0.272 e. The van der Waals surface area contributed by atoms with Crippen LogP contribution in [0.3, 0.4) is 0 Å². The molecule has 1 N–H and O–H groups in total. The Hall–Kier alpha value is -2.34. The van der Waals surface area contributed by atoms with Crippen molar-refractivity contribution in [2.24, 2.45) is 0 Å². The Bertz CT molecular complexity index is 684. The molecule has 0 aliphatic carbocycles. The van der Waals surface area contributed by atoms with Gasteiger partial charge >= 0.3 is 0 Å². The Morgan fingerprint density at radius 1 is 1.19 bits per heavy atom. The molecule has 0 fully saturated rings. The number of amides is 1. The number of aryl methyl sites for hydroxylation is 1. The second-order valence-corrected chi connectivity index (χ2v) is 5.32. The molecule has 108 valence electrons. The van der Waals surface area contributed by atoms with Gasteiger partial charge in [-0.3, -0.25) is 14.9 Å². The van der Waals surface area contributed by atoms with E-state index in [9.17, 15) is 14.9 Å². The van der Waals surface area contributed by atoms with Crippen LogP contribution >= 0.6 is 11.8 Å². The number of rotatable bonds is 4. The topological polar surface area (TPSA) is 72.2 Å². The van der Waals surface area contributed by atoms with Crippen LogP contribution in [0.5, 0.6) is 0 Å². The molecule has 0 aliphatic rings. The molecule has 0 saturated heterocycles. The minimum Gasteiger partial charge on any atom is -0.322 e. The number of anilines is 1. The van der Waals surface area contributed by atoms with Crippen molar-refractivity contribution in [3.8, 4) is 0 Å². The lowest BCUT2D eigenvalue weighted by atomic mass is 10.1. The monoisotopic (exact) mass is 302 g/mol. The van der Waals surface area contributed by atoms with Gasteiger partial charge in [-0.05, 0) is 49.6 Å². The fourth-order valence-electron chi connectivity index (χ4n) is 1.88. The summed E-state index contributed by atoms with van der Waals surface area (Å²) in [7, 11) is 0. The van der Waals surface area contributed by atoms with Crippen LogP contribution in [0.2, 0.25) is 0 Å². The van der Waals surface area contributed by atoms with Crippen molar-refractivity contribution in [1.29, 1.82) is 0 Å². The van der Waals surface area contributed by atoms with Crippen LogP contribution in [-0.2, 0) is 0 Å². The molecule has 0 spiro atoms. The van der Waals surface area contributed by atoms with E-state index in [1.807, 2.05) is 30.5 Å². The third-order valence-corrected chi connectivity index (χ3v) is 3.75. The van der Waals surface area contributed by atoms with Gasteiger partial charge in [0.15, 0.2) is 0 Å². The Labute approximate surface area is 126 Å². The van der Waals surface area contributed by atoms with Crippen molar-refractivity contribution >= 4 is 29.0 Å². The number of nitro groups is 1. The zero-order valence-corrected chi connectivity index (χ0v) is 12.4. The fourth-order valence-corrected chi connectivity index (χ4v) is 2.29. The highest BCUT2D eigenvalue weighted by atomic mass is 32.2. The lowest BCUT2D eigenvalue weighted by Crippen LogP contribution is -2.12. The zero-order valence-electron chi connectivity index (χ0n) is 11.6. The van der Waals surface area contributed by atoms with E-state index >= 15 is 0 Å². The van der Waals surface area contributed by atoms with E-state index in [1.165, 1.54) is 18.2 Å². The SMILES string of the molecule is CSc1ccc(NC(=O)c2ccc([N+](=O)[O-])c(C)c2)cc1. The standard InChI is InChI=1S/C15H14N2O3S/c1-10-9-11(3-8-14(10)17(19)20)15(18)16-12-4-6-13(21-2)7-5-12/h3-9H,1-2H3,(H,16,18). The Balaban J connectivity index is 2.16. The van der Waals surface area contributed by atoms with Crippen LogP contribution in [0, 0.1) is 17.0 Å². The Morgan fingerprint density at radius 2 is 1.86 bits per heavy atom. The molecule has 0 aliphatic heterocycles. The molecule has 1 amide bonds. The molecule has 6 heteroatoms. The minimum absolute atomic E-state index is 0.0101. The quantitative estimate of drug-likeness (QED) is 0.528. The summed E-state index contributed by atoms with van der Waals surface area (Å²) in [5.41, 5.74) is 1.56. The summed E-state index contributed by atoms with van der Waals surface area (Å²) in [6, 6.07) is 11.8. The number of hydrogen-bond acceptors (Lipinski definition) is 4. The van der Waals surface area contributed by atoms with E-state index in [0.717, 1.165) is 4.90 Å². The number of carbonyl (C=O) groups excluding carboxylic acids is 1. The first-order chi connectivity index (χ1) is 10.0. The number of hydrogen-bond donors (Lipinski definition) is 1. The first-order valence-electron chi connectivity index (χ1n) is 6.21. The van der Waals surface area contributed by atoms with Crippen LogP contribution in [0.4, 0.5) is 11.4 Å². The summed E-state index contributed by atoms with van der Waals surface area (Å²) in [5, 5.41) is 13.5. The van der Waals surface area contributed by atoms with E-state index in [4.69, 9.17) is 0 Å². The van der Waals surface area contributed by atoms with Crippen molar-refractivity contribution in [2.75, 3.05) is 11.6 Å². The maximum Gasteiger partial charge on any atom is 0.272 e. The van der Waals surface area contributed by atoms with Crippen molar-refractivity contribution in [3.63, 3.8) is 0 Å². The van der Waals surface area contributed by atoms with Crippen LogP contribution in [0.25, 0.3) is 0 Å². The van der Waals surface area contributed by atoms with Gasteiger partial charge in [0, 0.05) is 27.8 Å². The molecule has 2 aromatic rings. The number of thioether (sulfide) groups is 1. The molecule has 2 aromatic carbocycles. The van der Waals surface area contributed by atoms with Gasteiger partial charge < -0.3 is 5.32 Å². The molecule has 0 aromatic heterocycles. The maximum absolute atomic E-state index is 12.1. The first-order valence-corrected chi connectivity index (χ1v) is 7.44. The second kappa shape index (κ2) is 6.41. The van der Waals surface area contributed by atoms with Crippen LogP contribution in [0.15, 0.2) is 47.4 Å². The highest BCUT2D eigenvalue weighted by Crippen LogP contribution is 2.21. The minimum atomic E-state index is -0.460. The Morgan fingerprint density at radius 3 is 2.38 bits per heavy atom. The number of nitrogens with zero attached hydrogens (tertiary/aromatic N) is 1. The highest BCUT2D eigenvalue weighted by Gasteiger charge is 2.13. The van der Waals surface area contributed by atoms with E-state index in [-0.39, 0.29) is 11.6 Å². The van der Waals surface area contributed by atoms with E-state index in [2.05, 4.69) is 5.32 Å². The molecule has 0 bridgehead atoms. The van der Waals surface area contributed by atoms with Crippen molar-refractivity contribution in [3.05, 3.63) is 63.7 Å². The average Bonchev–Trinajstić information content (AvgIpc) is 2.47. The fraction of sp³-hybridized carbons (Fsp3) is 0.133. The van der Waals surface area contributed by atoms with Gasteiger partial charge in [0.2, 0.25) is 0 Å². The summed E-state index contributed by atoms with van der Waals surface area (Å²) in [6.07, 6.45) is 1.98. The zero-order chi connectivity index (χ0) is 15.4. The lowest BCUT2D eigenvalue weighted by Gasteiger charge is -2.07. The maximum atomic E-state index is 12.1. The van der Waals surface area contributed by atoms with Crippen LogP contribution in [0.1, 0.15) is 15.9 Å². The Kier molecular flexibility index (Phi) is 4.59. The predicted octanol–water partition coefficient (Wildman–Crippen LogP) is 3.88. The highest BCUT2D eigenvalue weighted by molar-refractivity contribution is 7.98. The van der Waals surface area contributed by atoms with Crippen LogP contribution < -0.4 is 5.32 Å². The first kappa shape index (κ1) is 15.1. The molecule has 0 saturated carbocycles. The molecule has 0 radical (unpaired) electrons. The van der Waals surface area contributed by atoms with Gasteiger partial charge in [-0.1, -0.05) is 0 Å². The van der Waals surface area contributed by atoms with Crippen molar-refractivity contribution in [2.45, 2.75) is 11.8 Å². The summed E-state index contributed by atoms with van der Waals surface area (Å²) in [6.45, 7) is 1.61. The lowest BCUT2D eigenvalue weighted by molar-refractivity contribution is -0.385. The van der Waals surface area contributed by atoms with Gasteiger partial charge in [-0.2, -0.15) is 0 Å². The van der Waals surface area contributed by atoms with Crippen molar-refractivity contribution < 1.29 is 9.72 Å². The normalized spacial score (nSPS) is 10.2.